The van der Waals surface area contributed by atoms with Gasteiger partial charge in [0.15, 0.2) is 5.79 Å². The zero-order chi connectivity index (χ0) is 10.6. The van der Waals surface area contributed by atoms with Gasteiger partial charge in [0.1, 0.15) is 6.61 Å². The lowest BCUT2D eigenvalue weighted by Crippen LogP contribution is -2.41. The number of ether oxygens (including phenoxy) is 3. The Bertz CT molecular complexity index is 222. The van der Waals surface area contributed by atoms with Crippen LogP contribution in [0, 0.1) is 0 Å². The van der Waals surface area contributed by atoms with Gasteiger partial charge in [0.05, 0.1) is 12.7 Å². The third-order valence-electron chi connectivity index (χ3n) is 1.92. The number of esters is 1. The van der Waals surface area contributed by atoms with Crippen molar-refractivity contribution < 1.29 is 19.0 Å². The van der Waals surface area contributed by atoms with E-state index in [0.717, 1.165) is 12.5 Å². The van der Waals surface area contributed by atoms with Crippen LogP contribution in [0.25, 0.3) is 0 Å². The van der Waals surface area contributed by atoms with Crippen molar-refractivity contribution in [3.63, 3.8) is 0 Å². The summed E-state index contributed by atoms with van der Waals surface area (Å²) in [6.07, 6.45) is 1.81. The Morgan fingerprint density at radius 2 is 2.43 bits per heavy atom. The fourth-order valence-electron chi connectivity index (χ4n) is 1.28. The van der Waals surface area contributed by atoms with E-state index in [1.807, 2.05) is 13.8 Å². The van der Waals surface area contributed by atoms with Gasteiger partial charge in [-0.1, -0.05) is 6.58 Å². The molecule has 1 unspecified atom stereocenters. The van der Waals surface area contributed by atoms with Crippen LogP contribution < -0.4 is 0 Å². The largest absolute Gasteiger partial charge is 0.460 e. The van der Waals surface area contributed by atoms with E-state index in [1.54, 1.807) is 0 Å². The fraction of sp³-hybridized carbons (Fsp3) is 0.700. The summed E-state index contributed by atoms with van der Waals surface area (Å²) < 4.78 is 15.8. The van der Waals surface area contributed by atoms with E-state index >= 15 is 0 Å². The first-order valence-electron chi connectivity index (χ1n) is 4.64. The second kappa shape index (κ2) is 4.57. The predicted octanol–water partition coefficient (Wildman–Crippen LogP) is 1.26. The zero-order valence-corrected chi connectivity index (χ0v) is 8.62. The normalized spacial score (nSPS) is 25.4. The molecule has 80 valence electrons. The van der Waals surface area contributed by atoms with Gasteiger partial charge in [-0.2, -0.15) is 0 Å². The first kappa shape index (κ1) is 11.2. The molecule has 4 nitrogen and oxygen atoms in total. The van der Waals surface area contributed by atoms with E-state index in [4.69, 9.17) is 14.2 Å². The van der Waals surface area contributed by atoms with Crippen LogP contribution in [0.15, 0.2) is 12.7 Å². The molecular formula is C10H16O4. The molecule has 0 radical (unpaired) electrons. The first-order valence-corrected chi connectivity index (χ1v) is 4.64. The summed E-state index contributed by atoms with van der Waals surface area (Å²) in [4.78, 5) is 10.8. The van der Waals surface area contributed by atoms with E-state index in [1.165, 1.54) is 0 Å². The van der Waals surface area contributed by atoms with Gasteiger partial charge >= 0.3 is 5.97 Å². The van der Waals surface area contributed by atoms with E-state index in [2.05, 4.69) is 6.58 Å². The Kier molecular flexibility index (Phi) is 3.66. The minimum Gasteiger partial charge on any atom is -0.460 e. The summed E-state index contributed by atoms with van der Waals surface area (Å²) in [6.45, 7) is 7.89. The van der Waals surface area contributed by atoms with Crippen molar-refractivity contribution in [2.75, 3.05) is 13.2 Å². The second-order valence-electron chi connectivity index (χ2n) is 3.61. The molecule has 0 saturated carbocycles. The summed E-state index contributed by atoms with van der Waals surface area (Å²) in [6, 6.07) is 0. The van der Waals surface area contributed by atoms with Crippen LogP contribution in [0.5, 0.6) is 0 Å². The van der Waals surface area contributed by atoms with Crippen LogP contribution in [-0.2, 0) is 19.0 Å². The molecule has 0 N–H and O–H groups in total. The minimum absolute atomic E-state index is 0.0809. The van der Waals surface area contributed by atoms with Crippen LogP contribution in [0.1, 0.15) is 20.3 Å². The van der Waals surface area contributed by atoms with Crippen LogP contribution in [0.3, 0.4) is 0 Å². The summed E-state index contributed by atoms with van der Waals surface area (Å²) in [5.74, 6) is -0.998. The molecular weight excluding hydrogens is 184 g/mol. The highest BCUT2D eigenvalue weighted by molar-refractivity contribution is 5.81. The minimum atomic E-state index is -0.580. The topological polar surface area (TPSA) is 44.8 Å². The van der Waals surface area contributed by atoms with Gasteiger partial charge in [-0.05, 0) is 13.8 Å². The van der Waals surface area contributed by atoms with Gasteiger partial charge in [0.25, 0.3) is 0 Å². The maximum absolute atomic E-state index is 10.8. The fourth-order valence-corrected chi connectivity index (χ4v) is 1.28. The summed E-state index contributed by atoms with van der Waals surface area (Å²) >= 11 is 0. The van der Waals surface area contributed by atoms with Crippen molar-refractivity contribution in [2.24, 2.45) is 0 Å². The van der Waals surface area contributed by atoms with Crippen molar-refractivity contribution in [2.45, 2.75) is 32.2 Å². The van der Waals surface area contributed by atoms with E-state index in [-0.39, 0.29) is 12.7 Å². The lowest BCUT2D eigenvalue weighted by atomic mass is 10.2. The first-order chi connectivity index (χ1) is 6.53. The zero-order valence-electron chi connectivity index (χ0n) is 8.62. The number of hydrogen-bond acceptors (Lipinski definition) is 4. The molecule has 0 spiro atoms. The molecule has 0 aliphatic carbocycles. The Hall–Kier alpha value is -0.870. The summed E-state index contributed by atoms with van der Waals surface area (Å²) in [5.41, 5.74) is 0. The smallest absolute Gasteiger partial charge is 0.330 e. The molecule has 1 fully saturated rings. The van der Waals surface area contributed by atoms with Gasteiger partial charge < -0.3 is 14.2 Å². The standard InChI is InChI=1S/C10H16O4/c1-4-9(11)12-7-8-5-6-13-10(2,3)14-8/h4,8H,1,5-7H2,2-3H3. The van der Waals surface area contributed by atoms with Crippen LogP contribution >= 0.6 is 0 Å². The third kappa shape index (κ3) is 3.47. The van der Waals surface area contributed by atoms with Gasteiger partial charge in [-0.25, -0.2) is 4.79 Å². The van der Waals surface area contributed by atoms with E-state index in [9.17, 15) is 4.79 Å². The number of rotatable bonds is 3. The SMILES string of the molecule is C=CC(=O)OCC1CCOC(C)(C)O1. The van der Waals surface area contributed by atoms with Gasteiger partial charge in [-0.3, -0.25) is 0 Å². The number of carbonyl (C=O) groups is 1. The van der Waals surface area contributed by atoms with Crippen molar-refractivity contribution in [1.82, 2.24) is 0 Å². The van der Waals surface area contributed by atoms with Gasteiger partial charge in [0.2, 0.25) is 0 Å². The van der Waals surface area contributed by atoms with Gasteiger partial charge in [0, 0.05) is 12.5 Å². The third-order valence-corrected chi connectivity index (χ3v) is 1.92. The van der Waals surface area contributed by atoms with Crippen LogP contribution in [-0.4, -0.2) is 31.1 Å². The van der Waals surface area contributed by atoms with Crippen molar-refractivity contribution in [3.8, 4) is 0 Å². The highest BCUT2D eigenvalue weighted by Crippen LogP contribution is 2.21. The predicted molar refractivity (Wildman–Crippen MR) is 50.7 cm³/mol. The molecule has 1 rings (SSSR count). The van der Waals surface area contributed by atoms with E-state index < -0.39 is 11.8 Å². The molecule has 1 saturated heterocycles. The molecule has 1 aliphatic heterocycles. The Morgan fingerprint density at radius 3 is 3.00 bits per heavy atom. The molecule has 1 heterocycles. The molecule has 4 heteroatoms. The van der Waals surface area contributed by atoms with Gasteiger partial charge in [-0.15, -0.1) is 0 Å². The number of carbonyl (C=O) groups excluding carboxylic acids is 1. The summed E-state index contributed by atoms with van der Waals surface area (Å²) in [7, 11) is 0. The Balaban J connectivity index is 2.31. The van der Waals surface area contributed by atoms with E-state index in [0.29, 0.717) is 6.61 Å². The second-order valence-corrected chi connectivity index (χ2v) is 3.61. The molecule has 0 aromatic carbocycles. The average molecular weight is 200 g/mol. The Morgan fingerprint density at radius 1 is 1.71 bits per heavy atom. The highest BCUT2D eigenvalue weighted by atomic mass is 16.7. The quantitative estimate of drug-likeness (QED) is 0.508. The average Bonchev–Trinajstić information content (AvgIpc) is 2.12. The molecule has 0 bridgehead atoms. The monoisotopic (exact) mass is 200 g/mol. The van der Waals surface area contributed by atoms with Crippen molar-refractivity contribution >= 4 is 5.97 Å². The Labute approximate surface area is 83.8 Å². The highest BCUT2D eigenvalue weighted by Gasteiger charge is 2.29. The van der Waals surface area contributed by atoms with Crippen LogP contribution in [0.4, 0.5) is 0 Å². The number of hydrogen-bond donors (Lipinski definition) is 0. The van der Waals surface area contributed by atoms with Crippen molar-refractivity contribution in [1.29, 1.82) is 0 Å². The molecule has 0 aromatic rings. The molecule has 1 aliphatic rings. The maximum atomic E-state index is 10.8. The molecule has 14 heavy (non-hydrogen) atoms. The molecule has 1 atom stereocenters. The lowest BCUT2D eigenvalue weighted by molar-refractivity contribution is -0.278. The molecule has 0 amide bonds. The van der Waals surface area contributed by atoms with Crippen LogP contribution in [0.2, 0.25) is 0 Å². The van der Waals surface area contributed by atoms with Crippen molar-refractivity contribution in [3.05, 3.63) is 12.7 Å². The lowest BCUT2D eigenvalue weighted by Gasteiger charge is -2.35. The molecule has 0 aromatic heterocycles. The summed E-state index contributed by atoms with van der Waals surface area (Å²) in [5, 5.41) is 0. The maximum Gasteiger partial charge on any atom is 0.330 e.